The molecule has 37 heavy (non-hydrogen) atoms. The van der Waals surface area contributed by atoms with Crippen LogP contribution in [0.2, 0.25) is 0 Å². The van der Waals surface area contributed by atoms with Gasteiger partial charge in [-0.3, -0.25) is 9.78 Å². The van der Waals surface area contributed by atoms with E-state index >= 15 is 0 Å². The van der Waals surface area contributed by atoms with Gasteiger partial charge in [-0.05, 0) is 37.3 Å². The third kappa shape index (κ3) is 4.74. The van der Waals surface area contributed by atoms with E-state index in [1.807, 2.05) is 6.92 Å². The normalized spacial score (nSPS) is 10.8. The number of anilines is 1. The lowest BCUT2D eigenvalue weighted by Crippen LogP contribution is -2.18. The number of ether oxygens (including phenoxy) is 4. The van der Waals surface area contributed by atoms with Gasteiger partial charge in [-0.1, -0.05) is 0 Å². The van der Waals surface area contributed by atoms with Gasteiger partial charge in [0.25, 0.3) is 5.91 Å². The van der Waals surface area contributed by atoms with Gasteiger partial charge in [-0.2, -0.15) is 9.78 Å². The zero-order valence-electron chi connectivity index (χ0n) is 20.3. The van der Waals surface area contributed by atoms with Crippen LogP contribution in [-0.4, -0.2) is 46.5 Å². The van der Waals surface area contributed by atoms with Gasteiger partial charge in [0.15, 0.2) is 22.9 Å². The molecule has 1 aromatic carbocycles. The van der Waals surface area contributed by atoms with Crippen LogP contribution in [0.5, 0.6) is 28.7 Å². The fourth-order valence-corrected chi connectivity index (χ4v) is 3.71. The van der Waals surface area contributed by atoms with Crippen molar-refractivity contribution in [3.8, 4) is 34.6 Å². The lowest BCUT2D eigenvalue weighted by molar-refractivity contribution is 0.101. The number of benzene rings is 1. The van der Waals surface area contributed by atoms with Crippen molar-refractivity contribution in [1.82, 2.24) is 19.7 Å². The van der Waals surface area contributed by atoms with E-state index in [9.17, 15) is 4.79 Å². The Labute approximate surface area is 211 Å². The summed E-state index contributed by atoms with van der Waals surface area (Å²) in [5.74, 6) is 2.73. The lowest BCUT2D eigenvalue weighted by atomic mass is 10.2. The summed E-state index contributed by atoms with van der Waals surface area (Å²) in [4.78, 5) is 21.8. The molecule has 0 unspecified atom stereocenters. The minimum atomic E-state index is -0.459. The summed E-state index contributed by atoms with van der Waals surface area (Å²) in [6, 6.07) is 12.1. The molecule has 4 heterocycles. The first kappa shape index (κ1) is 23.7. The van der Waals surface area contributed by atoms with Crippen LogP contribution in [0.4, 0.5) is 5.82 Å². The Kier molecular flexibility index (Phi) is 6.58. The van der Waals surface area contributed by atoms with Gasteiger partial charge in [0.1, 0.15) is 17.3 Å². The highest BCUT2D eigenvalue weighted by atomic mass is 16.5. The molecule has 0 aliphatic rings. The number of amides is 1. The number of furan rings is 1. The van der Waals surface area contributed by atoms with Crippen LogP contribution < -0.4 is 24.3 Å². The first-order chi connectivity index (χ1) is 18.1. The molecule has 0 saturated carbocycles. The number of carbonyl (C=O) groups is 1. The summed E-state index contributed by atoms with van der Waals surface area (Å²) in [5, 5.41) is 7.73. The maximum absolute atomic E-state index is 13.1. The Hall–Kier alpha value is -5.06. The molecule has 0 saturated heterocycles. The Morgan fingerprint density at radius 3 is 2.54 bits per heavy atom. The number of hydrogen-bond donors (Lipinski definition) is 1. The number of nitrogens with one attached hydrogen (secondary N) is 1. The molecule has 1 N–H and O–H groups in total. The summed E-state index contributed by atoms with van der Waals surface area (Å²) in [7, 11) is 3.13. The second kappa shape index (κ2) is 10.3. The molecule has 0 atom stereocenters. The van der Waals surface area contributed by atoms with E-state index < -0.39 is 5.91 Å². The number of methoxy groups -OCH3 is 2. The highest BCUT2D eigenvalue weighted by Crippen LogP contribution is 2.36. The molecule has 0 fully saturated rings. The summed E-state index contributed by atoms with van der Waals surface area (Å²) in [5.41, 5.74) is 0.872. The molecule has 5 rings (SSSR count). The van der Waals surface area contributed by atoms with Crippen molar-refractivity contribution in [2.75, 3.05) is 26.1 Å². The van der Waals surface area contributed by atoms with Crippen molar-refractivity contribution in [2.45, 2.75) is 6.92 Å². The van der Waals surface area contributed by atoms with Crippen molar-refractivity contribution in [2.24, 2.45) is 0 Å². The average molecular weight is 501 g/mol. The van der Waals surface area contributed by atoms with Gasteiger partial charge in [-0.15, -0.1) is 0 Å². The first-order valence-corrected chi connectivity index (χ1v) is 11.3. The Balaban J connectivity index is 1.37. The number of aromatic nitrogens is 4. The average Bonchev–Trinajstić information content (AvgIpc) is 3.60. The summed E-state index contributed by atoms with van der Waals surface area (Å²) >= 11 is 0. The molecule has 11 heteroatoms. The third-order valence-electron chi connectivity index (χ3n) is 5.38. The molecule has 5 aromatic rings. The molecule has 0 bridgehead atoms. The van der Waals surface area contributed by atoms with Gasteiger partial charge in [0.05, 0.1) is 45.0 Å². The maximum atomic E-state index is 13.1. The molecular formula is C26H23N5O6. The van der Waals surface area contributed by atoms with Crippen molar-refractivity contribution in [3.63, 3.8) is 0 Å². The van der Waals surface area contributed by atoms with Gasteiger partial charge < -0.3 is 28.7 Å². The van der Waals surface area contributed by atoms with Crippen molar-refractivity contribution >= 4 is 22.6 Å². The van der Waals surface area contributed by atoms with Crippen molar-refractivity contribution in [3.05, 3.63) is 73.0 Å². The fraction of sp³-hybridized carbons (Fsp3) is 0.154. The molecule has 188 valence electrons. The minimum absolute atomic E-state index is 0.187. The van der Waals surface area contributed by atoms with Crippen molar-refractivity contribution < 1.29 is 28.2 Å². The Morgan fingerprint density at radius 2 is 1.84 bits per heavy atom. The smallest absolute Gasteiger partial charge is 0.279 e. The quantitative estimate of drug-likeness (QED) is 0.301. The van der Waals surface area contributed by atoms with Crippen LogP contribution in [0.1, 0.15) is 17.4 Å². The standard InChI is InChI=1S/C26H23N5O6/c1-4-35-22-15-29-31(24-6-5-11-36-24)25(22)26(32)30-23-8-7-16(14-28-23)37-19-9-10-27-18-13-21(34-3)20(33-2)12-17(18)19/h5-15H,4H2,1-3H3,(H,28,30,32). The van der Waals surface area contributed by atoms with Gasteiger partial charge in [-0.25, -0.2) is 4.98 Å². The van der Waals surface area contributed by atoms with E-state index in [0.717, 1.165) is 5.39 Å². The highest BCUT2D eigenvalue weighted by Gasteiger charge is 2.23. The zero-order valence-corrected chi connectivity index (χ0v) is 20.3. The molecule has 4 aromatic heterocycles. The van der Waals surface area contributed by atoms with Crippen LogP contribution in [0.25, 0.3) is 16.8 Å². The van der Waals surface area contributed by atoms with Crippen LogP contribution in [-0.2, 0) is 0 Å². The van der Waals surface area contributed by atoms with Crippen LogP contribution in [0, 0.1) is 0 Å². The molecule has 0 spiro atoms. The minimum Gasteiger partial charge on any atom is -0.493 e. The van der Waals surface area contributed by atoms with E-state index in [4.69, 9.17) is 23.4 Å². The van der Waals surface area contributed by atoms with Crippen molar-refractivity contribution in [1.29, 1.82) is 0 Å². The number of carbonyl (C=O) groups excluding carboxylic acids is 1. The topological polar surface area (TPSA) is 123 Å². The lowest BCUT2D eigenvalue weighted by Gasteiger charge is -2.12. The molecular weight excluding hydrogens is 478 g/mol. The predicted molar refractivity (Wildman–Crippen MR) is 134 cm³/mol. The monoisotopic (exact) mass is 501 g/mol. The first-order valence-electron chi connectivity index (χ1n) is 11.3. The fourth-order valence-electron chi connectivity index (χ4n) is 3.71. The number of rotatable bonds is 9. The number of pyridine rings is 2. The maximum Gasteiger partial charge on any atom is 0.279 e. The van der Waals surface area contributed by atoms with Gasteiger partial charge in [0.2, 0.25) is 5.88 Å². The zero-order chi connectivity index (χ0) is 25.8. The van der Waals surface area contributed by atoms with E-state index in [0.29, 0.717) is 52.6 Å². The van der Waals surface area contributed by atoms with E-state index in [2.05, 4.69) is 20.4 Å². The largest absolute Gasteiger partial charge is 0.493 e. The summed E-state index contributed by atoms with van der Waals surface area (Å²) in [6.45, 7) is 2.20. The predicted octanol–water partition coefficient (Wildman–Crippen LogP) is 4.87. The SMILES string of the molecule is CCOc1cnn(-c2ccco2)c1C(=O)Nc1ccc(Oc2ccnc3cc(OC)c(OC)cc23)cn1. The van der Waals surface area contributed by atoms with E-state index in [1.54, 1.807) is 62.9 Å². The second-order valence-electron chi connectivity index (χ2n) is 7.62. The number of hydrogen-bond acceptors (Lipinski definition) is 9. The van der Waals surface area contributed by atoms with Crippen LogP contribution in [0.3, 0.4) is 0 Å². The molecule has 0 aliphatic heterocycles. The van der Waals surface area contributed by atoms with E-state index in [1.165, 1.54) is 23.3 Å². The molecule has 1 amide bonds. The third-order valence-corrected chi connectivity index (χ3v) is 5.38. The molecule has 0 radical (unpaired) electrons. The van der Waals surface area contributed by atoms with Gasteiger partial charge >= 0.3 is 0 Å². The second-order valence-corrected chi connectivity index (χ2v) is 7.62. The summed E-state index contributed by atoms with van der Waals surface area (Å²) < 4.78 is 29.2. The van der Waals surface area contributed by atoms with Crippen LogP contribution in [0.15, 0.2) is 71.7 Å². The highest BCUT2D eigenvalue weighted by molar-refractivity contribution is 6.04. The molecule has 11 nitrogen and oxygen atoms in total. The van der Waals surface area contributed by atoms with Gasteiger partial charge in [0, 0.05) is 23.7 Å². The number of nitrogens with zero attached hydrogens (tertiary/aromatic N) is 4. The Morgan fingerprint density at radius 1 is 1.00 bits per heavy atom. The van der Waals surface area contributed by atoms with E-state index in [-0.39, 0.29) is 5.69 Å². The Bertz CT molecular complexity index is 1530. The van der Waals surface area contributed by atoms with Crippen LogP contribution >= 0.6 is 0 Å². The molecule has 0 aliphatic carbocycles. The number of fused-ring (bicyclic) bond motifs is 1. The summed E-state index contributed by atoms with van der Waals surface area (Å²) in [6.07, 6.45) is 6.12.